The molecule has 0 bridgehead atoms. The molecular weight excluding hydrogens is 355 g/mol. The maximum Gasteiger partial charge on any atom is 0.417 e. The van der Waals surface area contributed by atoms with Crippen LogP contribution in [0.1, 0.15) is 12.0 Å². The van der Waals surface area contributed by atoms with Crippen molar-refractivity contribution in [1.82, 2.24) is 4.98 Å². The van der Waals surface area contributed by atoms with Crippen molar-refractivity contribution in [3.8, 4) is 5.88 Å². The summed E-state index contributed by atoms with van der Waals surface area (Å²) < 4.78 is 43.3. The maximum atomic E-state index is 12.5. The predicted octanol–water partition coefficient (Wildman–Crippen LogP) is 4.96. The van der Waals surface area contributed by atoms with Crippen LogP contribution in [0, 0.1) is 6.57 Å². The number of rotatable bonds is 3. The third kappa shape index (κ3) is 3.80. The largest absolute Gasteiger partial charge is 0.472 e. The molecule has 1 aliphatic rings. The normalized spacial score (nSPS) is 17.4. The van der Waals surface area contributed by atoms with Crippen molar-refractivity contribution >= 4 is 23.0 Å². The van der Waals surface area contributed by atoms with Gasteiger partial charge >= 0.3 is 6.18 Å². The molecule has 3 rings (SSSR count). The van der Waals surface area contributed by atoms with Crippen molar-refractivity contribution in [1.29, 1.82) is 0 Å². The van der Waals surface area contributed by atoms with Crippen molar-refractivity contribution < 1.29 is 17.9 Å². The van der Waals surface area contributed by atoms with Crippen molar-refractivity contribution in [2.45, 2.75) is 18.7 Å². The van der Waals surface area contributed by atoms with Crippen molar-refractivity contribution in [3.63, 3.8) is 0 Å². The summed E-state index contributed by atoms with van der Waals surface area (Å²) in [5.41, 5.74) is 0.303. The van der Waals surface area contributed by atoms with Gasteiger partial charge in [0.05, 0.1) is 29.4 Å². The Balaban J connectivity index is 1.69. The first-order valence-electron chi connectivity index (χ1n) is 7.49. The van der Waals surface area contributed by atoms with Gasteiger partial charge in [0.1, 0.15) is 6.10 Å². The fraction of sp³-hybridized carbons (Fsp3) is 0.294. The number of para-hydroxylation sites is 1. The van der Waals surface area contributed by atoms with E-state index in [4.69, 9.17) is 22.9 Å². The lowest BCUT2D eigenvalue weighted by Crippen LogP contribution is -2.25. The van der Waals surface area contributed by atoms with E-state index >= 15 is 0 Å². The number of anilines is 1. The lowest BCUT2D eigenvalue weighted by Gasteiger charge is -2.21. The Morgan fingerprint density at radius 1 is 1.28 bits per heavy atom. The van der Waals surface area contributed by atoms with Crippen molar-refractivity contribution in [2.75, 3.05) is 18.0 Å². The highest BCUT2D eigenvalue weighted by Crippen LogP contribution is 2.38. The summed E-state index contributed by atoms with van der Waals surface area (Å²) in [6.45, 7) is 8.37. The van der Waals surface area contributed by atoms with Crippen LogP contribution < -0.4 is 9.64 Å². The number of ether oxygens (including phenoxy) is 1. The summed E-state index contributed by atoms with van der Waals surface area (Å²) in [6, 6.07) is 7.29. The molecule has 0 saturated carbocycles. The lowest BCUT2D eigenvalue weighted by atomic mass is 10.2. The molecule has 0 unspecified atom stereocenters. The Labute approximate surface area is 147 Å². The Kier molecular flexibility index (Phi) is 4.73. The minimum Gasteiger partial charge on any atom is -0.472 e. The van der Waals surface area contributed by atoms with Crippen LogP contribution in [-0.2, 0) is 6.18 Å². The van der Waals surface area contributed by atoms with Crippen LogP contribution in [0.3, 0.4) is 0 Å². The van der Waals surface area contributed by atoms with E-state index in [0.717, 1.165) is 12.3 Å². The number of hydrogen-bond donors (Lipinski definition) is 0. The second-order valence-corrected chi connectivity index (χ2v) is 5.98. The number of hydrogen-bond acceptors (Lipinski definition) is 3. The molecule has 0 N–H and O–H groups in total. The van der Waals surface area contributed by atoms with E-state index in [0.29, 0.717) is 35.9 Å². The number of benzene rings is 1. The van der Waals surface area contributed by atoms with Crippen LogP contribution >= 0.6 is 11.6 Å². The van der Waals surface area contributed by atoms with Gasteiger partial charge in [-0.05, 0) is 12.1 Å². The zero-order chi connectivity index (χ0) is 18.0. The van der Waals surface area contributed by atoms with Crippen LogP contribution in [0.25, 0.3) is 4.85 Å². The van der Waals surface area contributed by atoms with E-state index in [1.165, 1.54) is 6.07 Å². The molecule has 0 amide bonds. The molecule has 8 heteroatoms. The molecule has 1 atom stereocenters. The first-order valence-corrected chi connectivity index (χ1v) is 7.87. The Bertz CT molecular complexity index is 802. The monoisotopic (exact) mass is 367 g/mol. The van der Waals surface area contributed by atoms with E-state index in [1.807, 2.05) is 4.90 Å². The first kappa shape index (κ1) is 17.4. The summed E-state index contributed by atoms with van der Waals surface area (Å²) in [5, 5.41) is 0.488. The average molecular weight is 368 g/mol. The molecule has 0 spiro atoms. The molecule has 25 heavy (non-hydrogen) atoms. The van der Waals surface area contributed by atoms with E-state index in [9.17, 15) is 13.2 Å². The first-order chi connectivity index (χ1) is 11.9. The molecule has 1 aromatic heterocycles. The van der Waals surface area contributed by atoms with E-state index in [2.05, 4.69) is 9.83 Å². The Morgan fingerprint density at radius 3 is 2.72 bits per heavy atom. The average Bonchev–Trinajstić information content (AvgIpc) is 3.02. The van der Waals surface area contributed by atoms with Gasteiger partial charge in [0.15, 0.2) is 0 Å². The lowest BCUT2D eigenvalue weighted by molar-refractivity contribution is -0.137. The van der Waals surface area contributed by atoms with Gasteiger partial charge in [-0.15, -0.1) is 0 Å². The Morgan fingerprint density at radius 2 is 2.08 bits per heavy atom. The van der Waals surface area contributed by atoms with Gasteiger partial charge in [-0.3, -0.25) is 0 Å². The molecule has 1 fully saturated rings. The third-order valence-corrected chi connectivity index (χ3v) is 4.20. The zero-order valence-corrected chi connectivity index (χ0v) is 13.7. The highest BCUT2D eigenvalue weighted by Gasteiger charge is 2.31. The summed E-state index contributed by atoms with van der Waals surface area (Å²) in [4.78, 5) is 9.15. The number of alkyl halides is 3. The number of halogens is 4. The minimum atomic E-state index is -4.42. The summed E-state index contributed by atoms with van der Waals surface area (Å²) in [7, 11) is 0. The van der Waals surface area contributed by atoms with Crippen LogP contribution in [0.4, 0.5) is 24.5 Å². The van der Waals surface area contributed by atoms with Gasteiger partial charge in [0.2, 0.25) is 11.6 Å². The topological polar surface area (TPSA) is 29.7 Å². The molecule has 4 nitrogen and oxygen atoms in total. The van der Waals surface area contributed by atoms with Crippen LogP contribution in [0.15, 0.2) is 36.5 Å². The van der Waals surface area contributed by atoms with Gasteiger partial charge < -0.3 is 9.64 Å². The molecule has 1 aromatic carbocycles. The molecule has 2 heterocycles. The minimum absolute atomic E-state index is 0.143. The van der Waals surface area contributed by atoms with Crippen molar-refractivity contribution in [3.05, 3.63) is 58.5 Å². The van der Waals surface area contributed by atoms with Crippen LogP contribution in [-0.4, -0.2) is 24.2 Å². The molecule has 2 aromatic rings. The van der Waals surface area contributed by atoms with Gasteiger partial charge in [0.25, 0.3) is 0 Å². The summed E-state index contributed by atoms with van der Waals surface area (Å²) >= 11 is 6.21. The number of pyridine rings is 1. The van der Waals surface area contributed by atoms with Gasteiger partial charge in [-0.1, -0.05) is 23.7 Å². The van der Waals surface area contributed by atoms with Crippen LogP contribution in [0.5, 0.6) is 5.88 Å². The second kappa shape index (κ2) is 6.81. The van der Waals surface area contributed by atoms with Gasteiger partial charge in [-0.25, -0.2) is 9.83 Å². The maximum absolute atomic E-state index is 12.5. The van der Waals surface area contributed by atoms with E-state index in [-0.39, 0.29) is 12.0 Å². The van der Waals surface area contributed by atoms with Crippen LogP contribution in [0.2, 0.25) is 5.02 Å². The quantitative estimate of drug-likeness (QED) is 0.718. The number of nitrogens with zero attached hydrogens (tertiary/aromatic N) is 3. The molecular formula is C17H13ClF3N3O. The molecule has 0 radical (unpaired) electrons. The molecule has 1 aliphatic heterocycles. The summed E-state index contributed by atoms with van der Waals surface area (Å²) in [6.07, 6.45) is -3.24. The number of aromatic nitrogens is 1. The van der Waals surface area contributed by atoms with E-state index < -0.39 is 11.7 Å². The van der Waals surface area contributed by atoms with Crippen molar-refractivity contribution in [2.24, 2.45) is 0 Å². The highest BCUT2D eigenvalue weighted by molar-refractivity contribution is 6.34. The van der Waals surface area contributed by atoms with Gasteiger partial charge in [-0.2, -0.15) is 13.2 Å². The van der Waals surface area contributed by atoms with E-state index in [1.54, 1.807) is 18.2 Å². The smallest absolute Gasteiger partial charge is 0.417 e. The Hall–Kier alpha value is -2.46. The third-order valence-electron chi connectivity index (χ3n) is 3.90. The second-order valence-electron chi connectivity index (χ2n) is 5.58. The fourth-order valence-electron chi connectivity index (χ4n) is 2.72. The fourth-order valence-corrected chi connectivity index (χ4v) is 3.01. The summed E-state index contributed by atoms with van der Waals surface area (Å²) in [5.74, 6) is 0.143. The SMILES string of the molecule is [C-]#[N+]c1cccc(Cl)c1N1CC[C@@H](Oc2ccc(C(F)(F)F)cn2)C1. The molecule has 0 aliphatic carbocycles. The van der Waals surface area contributed by atoms with Gasteiger partial charge in [0, 0.05) is 25.2 Å². The standard InChI is InChI=1S/C17H13ClF3N3O/c1-22-14-4-2-3-13(18)16(14)24-8-7-12(10-24)25-15-6-5-11(9-23-15)17(19,20)21/h2-6,9,12H,7-8,10H2/t12-/m1/s1. The predicted molar refractivity (Wildman–Crippen MR) is 88.2 cm³/mol. The molecule has 1 saturated heterocycles. The zero-order valence-electron chi connectivity index (χ0n) is 12.9. The molecule has 130 valence electrons. The highest BCUT2D eigenvalue weighted by atomic mass is 35.5.